The summed E-state index contributed by atoms with van der Waals surface area (Å²) in [7, 11) is 0. The van der Waals surface area contributed by atoms with Gasteiger partial charge in [-0.1, -0.05) is 30.3 Å². The molecule has 23 heavy (non-hydrogen) atoms. The highest BCUT2D eigenvalue weighted by atomic mass is 16.5. The quantitative estimate of drug-likeness (QED) is 0.896. The summed E-state index contributed by atoms with van der Waals surface area (Å²) in [6, 6.07) is 13.7. The lowest BCUT2D eigenvalue weighted by Gasteiger charge is -2.21. The molecule has 0 spiro atoms. The van der Waals surface area contributed by atoms with E-state index in [0.717, 1.165) is 5.56 Å². The van der Waals surface area contributed by atoms with Crippen molar-refractivity contribution in [2.45, 2.75) is 46.8 Å². The zero-order valence-corrected chi connectivity index (χ0v) is 14.5. The van der Waals surface area contributed by atoms with Crippen molar-refractivity contribution in [3.05, 3.63) is 64.7 Å². The maximum Gasteiger partial charge on any atom is 0.261 e. The minimum atomic E-state index is -0.535. The average molecular weight is 311 g/mol. The van der Waals surface area contributed by atoms with Gasteiger partial charge in [0.25, 0.3) is 5.91 Å². The molecule has 3 nitrogen and oxygen atoms in total. The van der Waals surface area contributed by atoms with Crippen molar-refractivity contribution in [3.8, 4) is 5.75 Å². The maximum atomic E-state index is 12.4. The number of para-hydroxylation sites is 1. The Morgan fingerprint density at radius 3 is 2.22 bits per heavy atom. The Labute approximate surface area is 138 Å². The SMILES string of the molecule is Cc1cc(C)c([C@@H](C)NC(=O)[C@@H](C)Oc2ccccc2)cc1C. The summed E-state index contributed by atoms with van der Waals surface area (Å²) >= 11 is 0. The van der Waals surface area contributed by atoms with Gasteiger partial charge in [0.15, 0.2) is 6.10 Å². The number of hydrogen-bond acceptors (Lipinski definition) is 2. The molecule has 0 aliphatic rings. The first-order valence-corrected chi connectivity index (χ1v) is 7.98. The van der Waals surface area contributed by atoms with Crippen LogP contribution in [0, 0.1) is 20.8 Å². The van der Waals surface area contributed by atoms with Gasteiger partial charge in [-0.15, -0.1) is 0 Å². The number of ether oxygens (including phenoxy) is 1. The number of hydrogen-bond donors (Lipinski definition) is 1. The summed E-state index contributed by atoms with van der Waals surface area (Å²) in [5, 5.41) is 3.04. The molecule has 122 valence electrons. The Bertz CT molecular complexity index is 680. The van der Waals surface area contributed by atoms with E-state index in [9.17, 15) is 4.79 Å². The molecule has 0 aliphatic heterocycles. The molecule has 2 rings (SSSR count). The van der Waals surface area contributed by atoms with Crippen LogP contribution >= 0.6 is 0 Å². The molecule has 0 bridgehead atoms. The number of nitrogens with one attached hydrogen (secondary N) is 1. The summed E-state index contributed by atoms with van der Waals surface area (Å²) in [6.07, 6.45) is -0.535. The first-order valence-electron chi connectivity index (χ1n) is 7.98. The van der Waals surface area contributed by atoms with Gasteiger partial charge < -0.3 is 10.1 Å². The second kappa shape index (κ2) is 7.32. The minimum Gasteiger partial charge on any atom is -0.481 e. The fourth-order valence-electron chi connectivity index (χ4n) is 2.61. The van der Waals surface area contributed by atoms with Crippen LogP contribution in [0.15, 0.2) is 42.5 Å². The van der Waals surface area contributed by atoms with Crippen LogP contribution in [0.2, 0.25) is 0 Å². The van der Waals surface area contributed by atoms with Gasteiger partial charge in [0.05, 0.1) is 6.04 Å². The average Bonchev–Trinajstić information content (AvgIpc) is 2.51. The molecule has 1 N–H and O–H groups in total. The standard InChI is InChI=1S/C20H25NO2/c1-13-11-15(3)19(12-14(13)2)16(4)21-20(22)17(5)23-18-9-7-6-8-10-18/h6-12,16-17H,1-5H3,(H,21,22)/t16-,17-/m1/s1. The zero-order chi connectivity index (χ0) is 17.0. The second-order valence-corrected chi connectivity index (χ2v) is 6.10. The van der Waals surface area contributed by atoms with Crippen LogP contribution in [-0.2, 0) is 4.79 Å². The molecule has 2 aromatic carbocycles. The Morgan fingerprint density at radius 2 is 1.57 bits per heavy atom. The highest BCUT2D eigenvalue weighted by Gasteiger charge is 2.19. The monoisotopic (exact) mass is 311 g/mol. The summed E-state index contributed by atoms with van der Waals surface area (Å²) in [5.74, 6) is 0.587. The highest BCUT2D eigenvalue weighted by Crippen LogP contribution is 2.22. The molecular formula is C20H25NO2. The van der Waals surface area contributed by atoms with Crippen molar-refractivity contribution in [2.75, 3.05) is 0 Å². The van der Waals surface area contributed by atoms with Crippen LogP contribution in [0.4, 0.5) is 0 Å². The molecule has 0 saturated carbocycles. The lowest BCUT2D eigenvalue weighted by Crippen LogP contribution is -2.38. The van der Waals surface area contributed by atoms with E-state index in [0.29, 0.717) is 5.75 Å². The van der Waals surface area contributed by atoms with E-state index in [4.69, 9.17) is 4.74 Å². The van der Waals surface area contributed by atoms with Gasteiger partial charge in [-0.05, 0) is 69.0 Å². The smallest absolute Gasteiger partial charge is 0.261 e. The first-order chi connectivity index (χ1) is 10.9. The first kappa shape index (κ1) is 17.1. The Hall–Kier alpha value is -2.29. The number of carbonyl (C=O) groups excluding carboxylic acids is 1. The van der Waals surface area contributed by atoms with Crippen LogP contribution in [0.3, 0.4) is 0 Å². The van der Waals surface area contributed by atoms with Gasteiger partial charge in [0, 0.05) is 0 Å². The van der Waals surface area contributed by atoms with E-state index in [-0.39, 0.29) is 11.9 Å². The maximum absolute atomic E-state index is 12.4. The summed E-state index contributed by atoms with van der Waals surface area (Å²) in [6.45, 7) is 10.0. The Kier molecular flexibility index (Phi) is 5.43. The molecule has 0 unspecified atom stereocenters. The number of aryl methyl sites for hydroxylation is 3. The van der Waals surface area contributed by atoms with Crippen molar-refractivity contribution in [3.63, 3.8) is 0 Å². The molecule has 0 saturated heterocycles. The van der Waals surface area contributed by atoms with E-state index in [1.54, 1.807) is 6.92 Å². The normalized spacial score (nSPS) is 13.3. The zero-order valence-electron chi connectivity index (χ0n) is 14.5. The summed E-state index contributed by atoms with van der Waals surface area (Å²) < 4.78 is 5.67. The topological polar surface area (TPSA) is 38.3 Å². The van der Waals surface area contributed by atoms with Gasteiger partial charge in [-0.2, -0.15) is 0 Å². The van der Waals surface area contributed by atoms with Crippen molar-refractivity contribution in [1.82, 2.24) is 5.32 Å². The predicted molar refractivity (Wildman–Crippen MR) is 93.7 cm³/mol. The Morgan fingerprint density at radius 1 is 0.957 bits per heavy atom. The van der Waals surface area contributed by atoms with Gasteiger partial charge in [0.1, 0.15) is 5.75 Å². The predicted octanol–water partition coefficient (Wildman–Crippen LogP) is 4.26. The highest BCUT2D eigenvalue weighted by molar-refractivity contribution is 5.81. The molecule has 0 radical (unpaired) electrons. The molecular weight excluding hydrogens is 286 g/mol. The number of rotatable bonds is 5. The molecule has 2 aromatic rings. The van der Waals surface area contributed by atoms with Crippen LogP contribution in [-0.4, -0.2) is 12.0 Å². The fourth-order valence-corrected chi connectivity index (χ4v) is 2.61. The number of carbonyl (C=O) groups is 1. The third-order valence-electron chi connectivity index (χ3n) is 4.13. The van der Waals surface area contributed by atoms with E-state index >= 15 is 0 Å². The van der Waals surface area contributed by atoms with Gasteiger partial charge >= 0.3 is 0 Å². The molecule has 0 heterocycles. The van der Waals surface area contributed by atoms with Crippen LogP contribution in [0.5, 0.6) is 5.75 Å². The van der Waals surface area contributed by atoms with Crippen molar-refractivity contribution >= 4 is 5.91 Å². The van der Waals surface area contributed by atoms with Gasteiger partial charge in [-0.3, -0.25) is 4.79 Å². The third-order valence-corrected chi connectivity index (χ3v) is 4.13. The van der Waals surface area contributed by atoms with E-state index in [2.05, 4.69) is 38.2 Å². The minimum absolute atomic E-state index is 0.0522. The molecule has 1 amide bonds. The second-order valence-electron chi connectivity index (χ2n) is 6.10. The molecule has 0 aliphatic carbocycles. The van der Waals surface area contributed by atoms with Crippen LogP contribution in [0.1, 0.15) is 42.1 Å². The van der Waals surface area contributed by atoms with E-state index < -0.39 is 6.10 Å². The van der Waals surface area contributed by atoms with E-state index in [1.165, 1.54) is 16.7 Å². The van der Waals surface area contributed by atoms with Crippen LogP contribution < -0.4 is 10.1 Å². The van der Waals surface area contributed by atoms with Crippen molar-refractivity contribution in [1.29, 1.82) is 0 Å². The summed E-state index contributed by atoms with van der Waals surface area (Å²) in [4.78, 5) is 12.4. The third kappa shape index (κ3) is 4.35. The van der Waals surface area contributed by atoms with E-state index in [1.807, 2.05) is 37.3 Å². The van der Waals surface area contributed by atoms with Crippen molar-refractivity contribution in [2.24, 2.45) is 0 Å². The van der Waals surface area contributed by atoms with Gasteiger partial charge in [0.2, 0.25) is 0 Å². The summed E-state index contributed by atoms with van der Waals surface area (Å²) in [5.41, 5.74) is 4.84. The van der Waals surface area contributed by atoms with Crippen molar-refractivity contribution < 1.29 is 9.53 Å². The number of amides is 1. The Balaban J connectivity index is 2.03. The number of benzene rings is 2. The largest absolute Gasteiger partial charge is 0.481 e. The molecule has 3 heteroatoms. The molecule has 0 fully saturated rings. The van der Waals surface area contributed by atoms with Gasteiger partial charge in [-0.25, -0.2) is 0 Å². The van der Waals surface area contributed by atoms with Crippen LogP contribution in [0.25, 0.3) is 0 Å². The molecule has 0 aromatic heterocycles. The fraction of sp³-hybridized carbons (Fsp3) is 0.350. The lowest BCUT2D eigenvalue weighted by molar-refractivity contribution is -0.127. The molecule has 2 atom stereocenters. The lowest BCUT2D eigenvalue weighted by atomic mass is 9.96.